The molecule has 9 nitrogen and oxygen atoms in total. The van der Waals surface area contributed by atoms with Gasteiger partial charge >= 0.3 is 0 Å². The second-order valence-electron chi connectivity index (χ2n) is 7.93. The number of thiophene rings is 1. The van der Waals surface area contributed by atoms with Gasteiger partial charge in [-0.05, 0) is 49.2 Å². The van der Waals surface area contributed by atoms with E-state index in [1.807, 2.05) is 10.6 Å². The number of carbonyl (C=O) groups excluding carboxylic acids is 3. The van der Waals surface area contributed by atoms with Crippen LogP contribution in [0.2, 0.25) is 0 Å². The molecule has 0 bridgehead atoms. The van der Waals surface area contributed by atoms with Crippen LogP contribution in [0.4, 0.5) is 5.95 Å². The summed E-state index contributed by atoms with van der Waals surface area (Å²) in [6.07, 6.45) is 6.75. The summed E-state index contributed by atoms with van der Waals surface area (Å²) in [7, 11) is 0. The molecule has 10 heteroatoms. The summed E-state index contributed by atoms with van der Waals surface area (Å²) in [4.78, 5) is 48.2. The number of nitrogens with zero attached hydrogens (tertiary/aromatic N) is 4. The Balaban J connectivity index is 1.47. The number of rotatable bonds is 7. The van der Waals surface area contributed by atoms with Gasteiger partial charge in [-0.25, -0.2) is 9.97 Å². The molecule has 1 aromatic carbocycles. The fourth-order valence-corrected chi connectivity index (χ4v) is 5.09. The Morgan fingerprint density at radius 3 is 2.94 bits per heavy atom. The van der Waals surface area contributed by atoms with Crippen molar-refractivity contribution in [2.24, 2.45) is 0 Å². The van der Waals surface area contributed by atoms with Gasteiger partial charge in [-0.2, -0.15) is 0 Å². The first-order valence-corrected chi connectivity index (χ1v) is 11.6. The van der Waals surface area contributed by atoms with Crippen molar-refractivity contribution in [2.45, 2.75) is 25.4 Å². The Bertz CT molecular complexity index is 1390. The second kappa shape index (κ2) is 9.06. The number of anilines is 1. The van der Waals surface area contributed by atoms with Crippen LogP contribution in [0.25, 0.3) is 21.7 Å². The predicted molar refractivity (Wildman–Crippen MR) is 128 cm³/mol. The van der Waals surface area contributed by atoms with E-state index in [0.29, 0.717) is 40.8 Å². The number of aromatic nitrogens is 3. The van der Waals surface area contributed by atoms with Crippen molar-refractivity contribution in [2.75, 3.05) is 11.9 Å². The molecule has 1 aliphatic rings. The maximum absolute atomic E-state index is 13.1. The van der Waals surface area contributed by atoms with Gasteiger partial charge in [0.05, 0.1) is 33.0 Å². The van der Waals surface area contributed by atoms with Gasteiger partial charge in [0.2, 0.25) is 11.9 Å². The van der Waals surface area contributed by atoms with Crippen molar-refractivity contribution < 1.29 is 18.8 Å². The first-order valence-electron chi connectivity index (χ1n) is 10.8. The lowest BCUT2D eigenvalue weighted by Crippen LogP contribution is -2.37. The van der Waals surface area contributed by atoms with E-state index < -0.39 is 0 Å². The van der Waals surface area contributed by atoms with Gasteiger partial charge in [-0.3, -0.25) is 19.7 Å². The Morgan fingerprint density at radius 2 is 2.18 bits per heavy atom. The Hall–Kier alpha value is -4.05. The van der Waals surface area contributed by atoms with Gasteiger partial charge in [0.25, 0.3) is 5.91 Å². The summed E-state index contributed by atoms with van der Waals surface area (Å²) in [6.45, 7) is 4.73. The fourth-order valence-electron chi connectivity index (χ4n) is 4.24. The molecule has 0 radical (unpaired) electrons. The number of imidazole rings is 1. The number of fused-ring (bicyclic) bond motifs is 1. The van der Waals surface area contributed by atoms with E-state index >= 15 is 0 Å². The van der Waals surface area contributed by atoms with Crippen molar-refractivity contribution in [1.29, 1.82) is 0 Å². The van der Waals surface area contributed by atoms with E-state index in [9.17, 15) is 14.4 Å². The summed E-state index contributed by atoms with van der Waals surface area (Å²) in [6, 6.07) is 8.67. The van der Waals surface area contributed by atoms with Crippen LogP contribution in [0, 0.1) is 0 Å². The molecule has 2 amide bonds. The summed E-state index contributed by atoms with van der Waals surface area (Å²) >= 11 is 1.28. The number of carbonyl (C=O) groups is 3. The van der Waals surface area contributed by atoms with Gasteiger partial charge in [-0.1, -0.05) is 6.58 Å². The van der Waals surface area contributed by atoms with Crippen LogP contribution in [-0.4, -0.2) is 50.1 Å². The summed E-state index contributed by atoms with van der Waals surface area (Å²) < 4.78 is 7.20. The third-order valence-corrected chi connectivity index (χ3v) is 6.97. The van der Waals surface area contributed by atoms with Crippen LogP contribution in [0.1, 0.15) is 32.9 Å². The molecule has 1 fully saturated rings. The molecule has 0 unspecified atom stereocenters. The van der Waals surface area contributed by atoms with E-state index in [0.717, 1.165) is 29.5 Å². The largest absolute Gasteiger partial charge is 0.443 e. The minimum absolute atomic E-state index is 0.0518. The standard InChI is InChI=1S/C24H21N5O4S/c1-2-22(31)28-9-3-4-16(28)12-29-18-6-5-15(13-30)10-17(18)26-24(29)27-23(32)21-8-7-20(34-21)19-11-25-14-33-19/h2,5-8,10-11,13-14,16H,1,3-4,9,12H2,(H,26,27,32)/t16-/m1/s1. The average molecular weight is 476 g/mol. The van der Waals surface area contributed by atoms with Crippen LogP contribution in [0.5, 0.6) is 0 Å². The zero-order chi connectivity index (χ0) is 23.7. The van der Waals surface area contributed by atoms with E-state index in [4.69, 9.17) is 4.42 Å². The molecule has 1 saturated heterocycles. The van der Waals surface area contributed by atoms with Gasteiger partial charge in [0.15, 0.2) is 12.2 Å². The minimum atomic E-state index is -0.312. The summed E-state index contributed by atoms with van der Waals surface area (Å²) in [5, 5.41) is 2.91. The van der Waals surface area contributed by atoms with Gasteiger partial charge in [0.1, 0.15) is 6.29 Å². The lowest BCUT2D eigenvalue weighted by atomic mass is 10.2. The number of likely N-dealkylation sites (tertiary alicyclic amines) is 1. The SMILES string of the molecule is C=CC(=O)N1CCC[C@@H]1Cn1c(NC(=O)c2ccc(-c3cnco3)s2)nc2cc(C=O)ccc21. The number of oxazole rings is 1. The van der Waals surface area contributed by atoms with Gasteiger partial charge in [0, 0.05) is 18.7 Å². The van der Waals surface area contributed by atoms with Crippen molar-refractivity contribution in [3.63, 3.8) is 0 Å². The fraction of sp³-hybridized carbons (Fsp3) is 0.208. The molecule has 5 rings (SSSR count). The zero-order valence-corrected chi connectivity index (χ0v) is 19.0. The molecule has 34 heavy (non-hydrogen) atoms. The first kappa shape index (κ1) is 21.8. The van der Waals surface area contributed by atoms with E-state index in [2.05, 4.69) is 21.9 Å². The minimum Gasteiger partial charge on any atom is -0.443 e. The van der Waals surface area contributed by atoms with E-state index in [1.165, 1.54) is 23.8 Å². The summed E-state index contributed by atoms with van der Waals surface area (Å²) in [5.41, 5.74) is 1.86. The maximum Gasteiger partial charge on any atom is 0.268 e. The van der Waals surface area contributed by atoms with Crippen LogP contribution in [-0.2, 0) is 11.3 Å². The maximum atomic E-state index is 13.1. The van der Waals surface area contributed by atoms with Crippen LogP contribution in [0.15, 0.2) is 60.0 Å². The Kier molecular flexibility index (Phi) is 5.81. The molecule has 0 aliphatic carbocycles. The second-order valence-corrected chi connectivity index (χ2v) is 9.01. The molecular formula is C24H21N5O4S. The first-order chi connectivity index (χ1) is 16.6. The van der Waals surface area contributed by atoms with E-state index in [1.54, 1.807) is 35.4 Å². The highest BCUT2D eigenvalue weighted by Crippen LogP contribution is 2.30. The molecule has 0 saturated carbocycles. The van der Waals surface area contributed by atoms with Gasteiger partial charge < -0.3 is 13.9 Å². The van der Waals surface area contributed by atoms with Crippen LogP contribution >= 0.6 is 11.3 Å². The molecule has 1 atom stereocenters. The van der Waals surface area contributed by atoms with Crippen molar-refractivity contribution >= 4 is 46.4 Å². The number of nitrogens with one attached hydrogen (secondary N) is 1. The van der Waals surface area contributed by atoms with E-state index in [-0.39, 0.29) is 17.9 Å². The third-order valence-electron chi connectivity index (χ3n) is 5.87. The molecule has 0 spiro atoms. The number of hydrogen-bond acceptors (Lipinski definition) is 7. The predicted octanol–water partition coefficient (Wildman–Crippen LogP) is 3.99. The number of hydrogen-bond donors (Lipinski definition) is 1. The highest BCUT2D eigenvalue weighted by atomic mass is 32.1. The van der Waals surface area contributed by atoms with Crippen LogP contribution < -0.4 is 5.32 Å². The lowest BCUT2D eigenvalue weighted by molar-refractivity contribution is -0.126. The van der Waals surface area contributed by atoms with Gasteiger partial charge in [-0.15, -0.1) is 11.3 Å². The molecule has 4 aromatic rings. The van der Waals surface area contributed by atoms with Crippen LogP contribution in [0.3, 0.4) is 0 Å². The highest BCUT2D eigenvalue weighted by molar-refractivity contribution is 7.17. The average Bonchev–Trinajstić information content (AvgIpc) is 3.65. The molecule has 3 aromatic heterocycles. The number of benzene rings is 1. The Labute approximate surface area is 198 Å². The lowest BCUT2D eigenvalue weighted by Gasteiger charge is -2.24. The smallest absolute Gasteiger partial charge is 0.268 e. The zero-order valence-electron chi connectivity index (χ0n) is 18.1. The molecule has 1 aliphatic heterocycles. The highest BCUT2D eigenvalue weighted by Gasteiger charge is 2.29. The van der Waals surface area contributed by atoms with Crippen molar-refractivity contribution in [3.05, 3.63) is 66.0 Å². The Morgan fingerprint density at radius 1 is 1.29 bits per heavy atom. The molecule has 1 N–H and O–H groups in total. The number of amides is 2. The third kappa shape index (κ3) is 4.03. The van der Waals surface area contributed by atoms with Crippen molar-refractivity contribution in [3.8, 4) is 10.6 Å². The molecular weight excluding hydrogens is 454 g/mol. The monoisotopic (exact) mass is 475 g/mol. The normalized spacial score (nSPS) is 15.5. The summed E-state index contributed by atoms with van der Waals surface area (Å²) in [5.74, 6) is 0.522. The topological polar surface area (TPSA) is 110 Å². The number of aldehydes is 1. The van der Waals surface area contributed by atoms with Crippen molar-refractivity contribution in [1.82, 2.24) is 19.4 Å². The molecule has 172 valence electrons. The molecule has 4 heterocycles. The quantitative estimate of drug-likeness (QED) is 0.320.